The summed E-state index contributed by atoms with van der Waals surface area (Å²) >= 11 is 0. The molecule has 1 aromatic heterocycles. The lowest BCUT2D eigenvalue weighted by Gasteiger charge is -2.46. The molecule has 3 heterocycles. The van der Waals surface area contributed by atoms with Gasteiger partial charge in [-0.15, -0.1) is 0 Å². The van der Waals surface area contributed by atoms with E-state index in [0.717, 1.165) is 59.0 Å². The standard InChI is InChI=1S/C58H51BN2O/c1-5-7-19-40-27-30-44(31-28-40)61-52-25-14-12-23-45(52)49-36-43(55-38(3)17-16-18-39(55)4)37-53-56(49)59(61)50-33-32-47-46-24-13-15-26-54(46)62-58(47)57(50)60(53)51-34-29-41(20-8-6-2)35-48(51)42-21-10-9-11-22-42/h9-18,21-37H,5-8,19-20H2,1-4H3. The molecule has 2 aliphatic rings. The lowest BCUT2D eigenvalue weighted by molar-refractivity contribution is 0.669. The molecule has 0 spiro atoms. The number of rotatable bonds is 10. The average Bonchev–Trinajstić information content (AvgIpc) is 3.70. The van der Waals surface area contributed by atoms with E-state index in [9.17, 15) is 0 Å². The van der Waals surface area contributed by atoms with Crippen molar-refractivity contribution in [2.75, 3.05) is 9.71 Å². The van der Waals surface area contributed by atoms with Gasteiger partial charge in [-0.1, -0.05) is 142 Å². The molecule has 0 fully saturated rings. The number of fused-ring (bicyclic) bond motifs is 8. The third kappa shape index (κ3) is 6.18. The Kier molecular flexibility index (Phi) is 9.61. The monoisotopic (exact) mass is 802 g/mol. The zero-order valence-electron chi connectivity index (χ0n) is 36.2. The number of para-hydroxylation sites is 2. The molecule has 302 valence electrons. The number of hydrogen-bond donors (Lipinski definition) is 0. The van der Waals surface area contributed by atoms with Crippen LogP contribution in [-0.4, -0.2) is 6.85 Å². The number of anilines is 5. The minimum atomic E-state index is -0.128. The molecule has 0 radical (unpaired) electrons. The zero-order chi connectivity index (χ0) is 41.9. The van der Waals surface area contributed by atoms with E-state index in [2.05, 4.69) is 201 Å². The van der Waals surface area contributed by atoms with Gasteiger partial charge in [-0.3, -0.25) is 0 Å². The molecule has 9 aromatic rings. The van der Waals surface area contributed by atoms with Gasteiger partial charge in [-0.25, -0.2) is 0 Å². The van der Waals surface area contributed by atoms with Crippen molar-refractivity contribution < 1.29 is 4.42 Å². The topological polar surface area (TPSA) is 19.6 Å². The van der Waals surface area contributed by atoms with Gasteiger partial charge < -0.3 is 14.1 Å². The van der Waals surface area contributed by atoms with Gasteiger partial charge in [0, 0.05) is 39.0 Å². The highest BCUT2D eigenvalue weighted by molar-refractivity contribution is 6.94. The average molecular weight is 803 g/mol. The summed E-state index contributed by atoms with van der Waals surface area (Å²) in [5, 5.41) is 2.26. The van der Waals surface area contributed by atoms with Crippen LogP contribution in [0.1, 0.15) is 61.8 Å². The van der Waals surface area contributed by atoms with E-state index >= 15 is 0 Å². The summed E-state index contributed by atoms with van der Waals surface area (Å²) < 4.78 is 7.14. The third-order valence-electron chi connectivity index (χ3n) is 13.5. The first-order valence-electron chi connectivity index (χ1n) is 22.7. The number of unbranched alkanes of at least 4 members (excludes halogenated alkanes) is 2. The fraction of sp³-hybridized carbons (Fsp3) is 0.172. The van der Waals surface area contributed by atoms with E-state index in [1.165, 1.54) is 96.5 Å². The van der Waals surface area contributed by atoms with Crippen LogP contribution >= 0.6 is 0 Å². The Hall–Kier alpha value is -6.78. The molecule has 0 saturated carbocycles. The van der Waals surface area contributed by atoms with E-state index in [1.54, 1.807) is 0 Å². The molecule has 2 aliphatic heterocycles. The van der Waals surface area contributed by atoms with Gasteiger partial charge in [0.05, 0.1) is 11.4 Å². The van der Waals surface area contributed by atoms with Crippen molar-refractivity contribution in [3.05, 3.63) is 186 Å². The van der Waals surface area contributed by atoms with E-state index in [-0.39, 0.29) is 6.85 Å². The minimum Gasteiger partial charge on any atom is -0.454 e. The summed E-state index contributed by atoms with van der Waals surface area (Å²) in [4.78, 5) is 5.19. The van der Waals surface area contributed by atoms with Gasteiger partial charge >= 0.3 is 6.85 Å². The maximum Gasteiger partial charge on any atom is 0.333 e. The molecule has 4 heteroatoms. The molecule has 11 rings (SSSR count). The SMILES string of the molecule is CCCCc1ccc(N2B3c4ccc5c(oc6ccccc65)c4N(c4ccc(CCCC)cc4-c4ccccc4)c4cc(-c5c(C)cccc5C)cc(c43)-c3ccccc32)cc1. The summed E-state index contributed by atoms with van der Waals surface area (Å²) in [6.45, 7) is 8.93. The number of nitrogens with zero attached hydrogens (tertiary/aromatic N) is 2. The predicted octanol–water partition coefficient (Wildman–Crippen LogP) is 14.9. The fourth-order valence-corrected chi connectivity index (χ4v) is 10.5. The van der Waals surface area contributed by atoms with Crippen LogP contribution in [0.3, 0.4) is 0 Å². The molecule has 0 bridgehead atoms. The molecule has 0 N–H and O–H groups in total. The molecule has 0 unspecified atom stereocenters. The second-order valence-electron chi connectivity index (χ2n) is 17.4. The van der Waals surface area contributed by atoms with Crippen molar-refractivity contribution in [3.8, 4) is 33.4 Å². The number of furan rings is 1. The molecule has 0 saturated heterocycles. The lowest BCUT2D eigenvalue weighted by atomic mass is 9.43. The molecule has 3 nitrogen and oxygen atoms in total. The van der Waals surface area contributed by atoms with Crippen molar-refractivity contribution >= 4 is 68.1 Å². The largest absolute Gasteiger partial charge is 0.454 e. The van der Waals surface area contributed by atoms with Crippen molar-refractivity contribution in [2.45, 2.75) is 66.2 Å². The first-order chi connectivity index (χ1) is 30.5. The van der Waals surface area contributed by atoms with Crippen molar-refractivity contribution in [1.82, 2.24) is 0 Å². The van der Waals surface area contributed by atoms with Crippen molar-refractivity contribution in [2.24, 2.45) is 0 Å². The normalized spacial score (nSPS) is 12.8. The van der Waals surface area contributed by atoms with Crippen LogP contribution in [0.15, 0.2) is 168 Å². The van der Waals surface area contributed by atoms with Crippen molar-refractivity contribution in [1.29, 1.82) is 0 Å². The van der Waals surface area contributed by atoms with Gasteiger partial charge in [-0.2, -0.15) is 0 Å². The fourth-order valence-electron chi connectivity index (χ4n) is 10.5. The quantitative estimate of drug-likeness (QED) is 0.128. The summed E-state index contributed by atoms with van der Waals surface area (Å²) in [6, 6.07) is 61.6. The highest BCUT2D eigenvalue weighted by atomic mass is 16.3. The molecular formula is C58H51BN2O. The molecule has 62 heavy (non-hydrogen) atoms. The van der Waals surface area contributed by atoms with Crippen LogP contribution in [0.2, 0.25) is 0 Å². The number of aryl methyl sites for hydroxylation is 4. The Morgan fingerprint density at radius 2 is 1.23 bits per heavy atom. The summed E-state index contributed by atoms with van der Waals surface area (Å²) in [5.74, 6) is 0. The first kappa shape index (κ1) is 38.2. The van der Waals surface area contributed by atoms with E-state index in [4.69, 9.17) is 4.42 Å². The zero-order valence-corrected chi connectivity index (χ0v) is 36.2. The highest BCUT2D eigenvalue weighted by Gasteiger charge is 2.46. The Morgan fingerprint density at radius 3 is 2.02 bits per heavy atom. The van der Waals surface area contributed by atoms with Crippen LogP contribution in [0.4, 0.5) is 28.4 Å². The minimum absolute atomic E-state index is 0.128. The Labute approximate surface area is 366 Å². The summed E-state index contributed by atoms with van der Waals surface area (Å²) in [6.07, 6.45) is 6.82. The van der Waals surface area contributed by atoms with Crippen LogP contribution < -0.4 is 20.6 Å². The maximum absolute atomic E-state index is 7.14. The van der Waals surface area contributed by atoms with Gasteiger partial charge in [-0.05, 0) is 143 Å². The molecule has 0 aliphatic carbocycles. The van der Waals surface area contributed by atoms with Crippen LogP contribution in [0.5, 0.6) is 0 Å². The highest BCUT2D eigenvalue weighted by Crippen LogP contribution is 2.52. The van der Waals surface area contributed by atoms with Crippen LogP contribution in [0.25, 0.3) is 55.3 Å². The predicted molar refractivity (Wildman–Crippen MR) is 265 cm³/mol. The maximum atomic E-state index is 7.14. The summed E-state index contributed by atoms with van der Waals surface area (Å²) in [7, 11) is 0. The van der Waals surface area contributed by atoms with Gasteiger partial charge in [0.15, 0.2) is 5.58 Å². The van der Waals surface area contributed by atoms with Gasteiger partial charge in [0.1, 0.15) is 5.58 Å². The molecule has 0 amide bonds. The van der Waals surface area contributed by atoms with Crippen molar-refractivity contribution in [3.63, 3.8) is 0 Å². The van der Waals surface area contributed by atoms with E-state index in [1.807, 2.05) is 0 Å². The van der Waals surface area contributed by atoms with Crippen LogP contribution in [0, 0.1) is 13.8 Å². The van der Waals surface area contributed by atoms with E-state index in [0.29, 0.717) is 0 Å². The Morgan fingerprint density at radius 1 is 0.516 bits per heavy atom. The summed E-state index contributed by atoms with van der Waals surface area (Å²) in [5.41, 5.74) is 22.9. The van der Waals surface area contributed by atoms with Gasteiger partial charge in [0.2, 0.25) is 0 Å². The Balaban J connectivity index is 1.28. The molecule has 8 aromatic carbocycles. The third-order valence-corrected chi connectivity index (χ3v) is 13.5. The van der Waals surface area contributed by atoms with Gasteiger partial charge in [0.25, 0.3) is 0 Å². The lowest BCUT2D eigenvalue weighted by Crippen LogP contribution is -2.61. The Bertz CT molecular complexity index is 3120. The molecular weight excluding hydrogens is 751 g/mol. The first-order valence-corrected chi connectivity index (χ1v) is 22.7. The number of benzene rings is 8. The second-order valence-corrected chi connectivity index (χ2v) is 17.4. The second kappa shape index (κ2) is 15.6. The number of hydrogen-bond acceptors (Lipinski definition) is 3. The van der Waals surface area contributed by atoms with E-state index < -0.39 is 0 Å². The molecule has 0 atom stereocenters. The smallest absolute Gasteiger partial charge is 0.333 e. The van der Waals surface area contributed by atoms with Crippen LogP contribution in [-0.2, 0) is 12.8 Å².